The summed E-state index contributed by atoms with van der Waals surface area (Å²) in [5, 5.41) is 15.8. The van der Waals surface area contributed by atoms with E-state index in [4.69, 9.17) is 25.0 Å². The van der Waals surface area contributed by atoms with Gasteiger partial charge in [-0.15, -0.1) is 0 Å². The smallest absolute Gasteiger partial charge is 0.307 e. The number of carboxylic acids is 1. The maximum absolute atomic E-state index is 13.5. The molecule has 0 amide bonds. The molecule has 9 nitrogen and oxygen atoms in total. The van der Waals surface area contributed by atoms with Gasteiger partial charge in [-0.3, -0.25) is 4.79 Å². The average molecular weight is 732 g/mol. The number of nitrogens with zero attached hydrogens (tertiary/aromatic N) is 3. The summed E-state index contributed by atoms with van der Waals surface area (Å²) in [7, 11) is 0. The lowest BCUT2D eigenvalue weighted by Crippen LogP contribution is -2.69. The molecule has 3 heterocycles. The molecule has 2 aliphatic heterocycles. The molecule has 2 saturated heterocycles. The Hall–Kier alpha value is -1.33. The number of nitrogens with two attached hydrogens (primary N) is 1. The van der Waals surface area contributed by atoms with Crippen LogP contribution in [0.3, 0.4) is 0 Å². The molecule has 1 aromatic rings. The molecule has 48 heavy (non-hydrogen) atoms. The first-order chi connectivity index (χ1) is 22.6. The Morgan fingerprint density at radius 2 is 1.81 bits per heavy atom. The molecule has 6 aliphatic rings. The van der Waals surface area contributed by atoms with E-state index in [9.17, 15) is 9.90 Å². The van der Waals surface area contributed by atoms with Gasteiger partial charge in [0.25, 0.3) is 0 Å². The van der Waals surface area contributed by atoms with Crippen molar-refractivity contribution in [3.05, 3.63) is 22.7 Å². The molecule has 10 heteroatoms. The van der Waals surface area contributed by atoms with Crippen molar-refractivity contribution < 1.29 is 24.1 Å². The van der Waals surface area contributed by atoms with E-state index in [2.05, 4.69) is 75.5 Å². The monoisotopic (exact) mass is 730 g/mol. The van der Waals surface area contributed by atoms with E-state index < -0.39 is 17.4 Å². The molecular formula is C38H59BrN4O5. The molecule has 5 fully saturated rings. The van der Waals surface area contributed by atoms with Crippen molar-refractivity contribution in [3.63, 3.8) is 0 Å². The summed E-state index contributed by atoms with van der Waals surface area (Å²) in [5.74, 6) is 0.415. The topological polar surface area (TPSA) is 122 Å². The van der Waals surface area contributed by atoms with Gasteiger partial charge >= 0.3 is 5.97 Å². The number of rotatable bonds is 7. The molecule has 7 rings (SSSR count). The van der Waals surface area contributed by atoms with E-state index in [1.807, 2.05) is 4.68 Å². The van der Waals surface area contributed by atoms with E-state index in [0.717, 1.165) is 51.4 Å². The fourth-order valence-corrected chi connectivity index (χ4v) is 13.2. The van der Waals surface area contributed by atoms with Crippen LogP contribution in [-0.4, -0.2) is 70.5 Å². The molecule has 1 aromatic heterocycles. The van der Waals surface area contributed by atoms with Crippen LogP contribution in [0.5, 0.6) is 0 Å². The van der Waals surface area contributed by atoms with Gasteiger partial charge in [-0.25, -0.2) is 9.67 Å². The molecule has 0 spiro atoms. The predicted molar refractivity (Wildman–Crippen MR) is 187 cm³/mol. The lowest BCUT2D eigenvalue weighted by atomic mass is 9.34. The minimum absolute atomic E-state index is 0.0514. The van der Waals surface area contributed by atoms with Crippen molar-refractivity contribution in [1.82, 2.24) is 14.8 Å². The van der Waals surface area contributed by atoms with Crippen LogP contribution < -0.4 is 5.73 Å². The fourth-order valence-electron chi connectivity index (χ4n) is 12.8. The van der Waals surface area contributed by atoms with Gasteiger partial charge in [0.1, 0.15) is 6.33 Å². The molecule has 3 N–H and O–H groups in total. The fraction of sp³-hybridized carbons (Fsp3) is 0.868. The predicted octanol–water partition coefficient (Wildman–Crippen LogP) is 7.06. The quantitative estimate of drug-likeness (QED) is 0.286. The zero-order chi connectivity index (χ0) is 34.5. The van der Waals surface area contributed by atoms with Gasteiger partial charge in [0.2, 0.25) is 0 Å². The molecule has 4 aliphatic carbocycles. The second-order valence-corrected chi connectivity index (χ2v) is 19.0. The minimum Gasteiger partial charge on any atom is -0.481 e. The van der Waals surface area contributed by atoms with Gasteiger partial charge in [0.05, 0.1) is 37.9 Å². The summed E-state index contributed by atoms with van der Waals surface area (Å²) in [6.07, 6.45) is 11.3. The van der Waals surface area contributed by atoms with Crippen LogP contribution in [0.15, 0.2) is 22.7 Å². The summed E-state index contributed by atoms with van der Waals surface area (Å²) in [5.41, 5.74) is 6.84. The SMILES string of the molecule is CC(C)[C@@H](C)[C@@]1(C)CC[C@]2(C)[C@H]3CC[C@@H]4[C@@]5(COC[C@]4(C)[C@@H](OCC4(N)CCOCC4)[C@H](n4ncnc4Br)C5)C3=CC[C@@]2(C)[C@@H]1C(=O)O. The second kappa shape index (κ2) is 11.9. The molecule has 3 saturated carbocycles. The molecule has 268 valence electrons. The Kier molecular flexibility index (Phi) is 8.67. The van der Waals surface area contributed by atoms with Crippen molar-refractivity contribution in [2.24, 2.45) is 62.4 Å². The van der Waals surface area contributed by atoms with Crippen molar-refractivity contribution in [3.8, 4) is 0 Å². The zero-order valence-electron chi connectivity index (χ0n) is 30.3. The number of halogens is 1. The number of carbonyl (C=O) groups is 1. The number of fused-ring (bicyclic) bond motifs is 3. The Bertz CT molecular complexity index is 1440. The highest BCUT2D eigenvalue weighted by Crippen LogP contribution is 2.75. The number of allylic oxidation sites excluding steroid dienone is 1. The average Bonchev–Trinajstić information content (AvgIpc) is 3.46. The number of hydrogen-bond donors (Lipinski definition) is 2. The van der Waals surface area contributed by atoms with Crippen LogP contribution in [0.4, 0.5) is 0 Å². The minimum atomic E-state index is -0.619. The standard InChI is InChI=1S/C38H59BrN4O5/c1-23(2)24(3)33(4)12-13-35(6)25-8-9-28-34(5)19-47-21-38(28,26(25)10-11-36(35,7)29(33)31(44)45)18-27(43-32(39)41-22-42-43)30(34)48-20-37(40)14-16-46-17-15-37/h10,22-25,27-30H,8-9,11-21,40H2,1-7H3,(H,44,45)/t24-,25+,27-,28+,29-,30+,33-,34+,35-,36+,38+/m1/s1. The van der Waals surface area contributed by atoms with Gasteiger partial charge in [0.15, 0.2) is 4.73 Å². The number of aliphatic carboxylic acids is 1. The third kappa shape index (κ3) is 4.84. The van der Waals surface area contributed by atoms with Gasteiger partial charge in [-0.1, -0.05) is 60.1 Å². The third-order valence-electron chi connectivity index (χ3n) is 16.0. The first-order valence-electron chi connectivity index (χ1n) is 18.6. The highest BCUT2D eigenvalue weighted by atomic mass is 79.9. The Morgan fingerprint density at radius 1 is 1.08 bits per heavy atom. The van der Waals surface area contributed by atoms with Crippen LogP contribution in [0.25, 0.3) is 0 Å². The number of hydrogen-bond acceptors (Lipinski definition) is 7. The summed E-state index contributed by atoms with van der Waals surface area (Å²) in [6, 6.07) is -0.0514. The second-order valence-electron chi connectivity index (χ2n) is 18.3. The maximum Gasteiger partial charge on any atom is 0.307 e. The van der Waals surface area contributed by atoms with E-state index in [0.29, 0.717) is 61.4 Å². The van der Waals surface area contributed by atoms with Gasteiger partial charge < -0.3 is 25.1 Å². The van der Waals surface area contributed by atoms with Crippen LogP contribution >= 0.6 is 15.9 Å². The zero-order valence-corrected chi connectivity index (χ0v) is 31.9. The lowest BCUT2D eigenvalue weighted by molar-refractivity contribution is -0.253. The normalized spacial score (nSPS) is 45.8. The summed E-state index contributed by atoms with van der Waals surface area (Å²) in [4.78, 5) is 18.0. The maximum atomic E-state index is 13.5. The van der Waals surface area contributed by atoms with E-state index in [-0.39, 0.29) is 39.2 Å². The number of aromatic nitrogens is 3. The summed E-state index contributed by atoms with van der Waals surface area (Å²) >= 11 is 3.72. The van der Waals surface area contributed by atoms with Gasteiger partial charge in [-0.05, 0) is 107 Å². The van der Waals surface area contributed by atoms with Gasteiger partial charge in [-0.2, -0.15) is 5.10 Å². The van der Waals surface area contributed by atoms with Crippen molar-refractivity contribution >= 4 is 21.9 Å². The van der Waals surface area contributed by atoms with Crippen LogP contribution in [0.1, 0.15) is 106 Å². The first kappa shape index (κ1) is 35.1. The van der Waals surface area contributed by atoms with Crippen molar-refractivity contribution in [2.45, 2.75) is 118 Å². The largest absolute Gasteiger partial charge is 0.481 e. The highest BCUT2D eigenvalue weighted by Gasteiger charge is 2.72. The van der Waals surface area contributed by atoms with Crippen molar-refractivity contribution in [1.29, 1.82) is 0 Å². The third-order valence-corrected chi connectivity index (χ3v) is 16.5. The Morgan fingerprint density at radius 3 is 2.46 bits per heavy atom. The molecule has 2 bridgehead atoms. The first-order valence-corrected chi connectivity index (χ1v) is 19.4. The summed E-state index contributed by atoms with van der Waals surface area (Å²) < 4.78 is 22.2. The molecule has 11 atom stereocenters. The Labute approximate surface area is 295 Å². The number of ether oxygens (including phenoxy) is 3. The molecular weight excluding hydrogens is 672 g/mol. The van der Waals surface area contributed by atoms with Crippen molar-refractivity contribution in [2.75, 3.05) is 33.0 Å². The lowest BCUT2D eigenvalue weighted by Gasteiger charge is -2.71. The Balaban J connectivity index is 1.30. The molecule has 0 radical (unpaired) electrons. The van der Waals surface area contributed by atoms with E-state index >= 15 is 0 Å². The molecule has 0 aromatic carbocycles. The van der Waals surface area contributed by atoms with E-state index in [1.165, 1.54) is 5.57 Å². The summed E-state index contributed by atoms with van der Waals surface area (Å²) in [6.45, 7) is 19.4. The molecule has 0 unspecified atom stereocenters. The van der Waals surface area contributed by atoms with E-state index in [1.54, 1.807) is 6.33 Å². The van der Waals surface area contributed by atoms with Crippen LogP contribution in [0, 0.1) is 56.7 Å². The van der Waals surface area contributed by atoms with Crippen LogP contribution in [-0.2, 0) is 19.0 Å². The highest BCUT2D eigenvalue weighted by molar-refractivity contribution is 9.10. The van der Waals surface area contributed by atoms with Crippen LogP contribution in [0.2, 0.25) is 0 Å². The van der Waals surface area contributed by atoms with Gasteiger partial charge in [0, 0.05) is 29.6 Å². The number of carboxylic acid groups (broad SMARTS) is 1.